The van der Waals surface area contributed by atoms with Crippen LogP contribution in [0.1, 0.15) is 22.0 Å². The zero-order valence-corrected chi connectivity index (χ0v) is 14.8. The normalized spacial score (nSPS) is 16.1. The number of morpholine rings is 1. The summed E-state index contributed by atoms with van der Waals surface area (Å²) in [5.74, 6) is -0.167. The van der Waals surface area contributed by atoms with Crippen molar-refractivity contribution in [1.29, 1.82) is 0 Å². The van der Waals surface area contributed by atoms with E-state index >= 15 is 0 Å². The van der Waals surface area contributed by atoms with E-state index in [4.69, 9.17) is 9.47 Å². The molecule has 2 aromatic carbocycles. The first-order chi connectivity index (χ1) is 12.7. The second kappa shape index (κ2) is 8.78. The monoisotopic (exact) mass is 358 g/mol. The number of hydrogen-bond donors (Lipinski definition) is 1. The summed E-state index contributed by atoms with van der Waals surface area (Å²) in [7, 11) is 1.63. The highest BCUT2D eigenvalue weighted by Crippen LogP contribution is 2.25. The van der Waals surface area contributed by atoms with Gasteiger partial charge in [0, 0.05) is 19.6 Å². The minimum atomic E-state index is -0.519. The standard InChI is InChI=1S/C20H23FN2O3/c1-25-16-6-4-5-15(13-16)19(23-9-11-26-12-10-23)14-22-20(24)17-7-2-3-8-18(17)21/h2-8,13,19H,9-12,14H2,1H3,(H,22,24). The number of amides is 1. The molecule has 1 atom stereocenters. The zero-order chi connectivity index (χ0) is 18.4. The van der Waals surface area contributed by atoms with Gasteiger partial charge in [-0.2, -0.15) is 0 Å². The maximum absolute atomic E-state index is 13.8. The van der Waals surface area contributed by atoms with Crippen LogP contribution in [-0.2, 0) is 4.74 Å². The van der Waals surface area contributed by atoms with Crippen LogP contribution in [0.3, 0.4) is 0 Å². The highest BCUT2D eigenvalue weighted by molar-refractivity contribution is 5.94. The van der Waals surface area contributed by atoms with Gasteiger partial charge in [-0.3, -0.25) is 9.69 Å². The largest absolute Gasteiger partial charge is 0.497 e. The molecule has 138 valence electrons. The average molecular weight is 358 g/mol. The molecule has 1 aliphatic heterocycles. The Morgan fingerprint density at radius 3 is 2.73 bits per heavy atom. The number of rotatable bonds is 6. The molecule has 0 aromatic heterocycles. The number of ether oxygens (including phenoxy) is 2. The summed E-state index contributed by atoms with van der Waals surface area (Å²) in [6.07, 6.45) is 0. The lowest BCUT2D eigenvalue weighted by Crippen LogP contribution is -2.43. The molecule has 0 radical (unpaired) electrons. The molecule has 1 saturated heterocycles. The fourth-order valence-electron chi connectivity index (χ4n) is 3.13. The Kier molecular flexibility index (Phi) is 6.20. The quantitative estimate of drug-likeness (QED) is 0.863. The Morgan fingerprint density at radius 2 is 2.00 bits per heavy atom. The third-order valence-corrected chi connectivity index (χ3v) is 4.54. The average Bonchev–Trinajstić information content (AvgIpc) is 2.69. The minimum absolute atomic E-state index is 0.0373. The van der Waals surface area contributed by atoms with Crippen LogP contribution >= 0.6 is 0 Å². The summed E-state index contributed by atoms with van der Waals surface area (Å²) in [5.41, 5.74) is 1.10. The van der Waals surface area contributed by atoms with Gasteiger partial charge >= 0.3 is 0 Å². The molecule has 26 heavy (non-hydrogen) atoms. The first kappa shape index (κ1) is 18.4. The van der Waals surface area contributed by atoms with Crippen molar-refractivity contribution in [3.63, 3.8) is 0 Å². The van der Waals surface area contributed by atoms with Crippen LogP contribution in [0.5, 0.6) is 5.75 Å². The van der Waals surface area contributed by atoms with Crippen molar-refractivity contribution in [1.82, 2.24) is 10.2 Å². The number of hydrogen-bond acceptors (Lipinski definition) is 4. The van der Waals surface area contributed by atoms with E-state index in [1.807, 2.05) is 24.3 Å². The van der Waals surface area contributed by atoms with Gasteiger partial charge < -0.3 is 14.8 Å². The number of halogens is 1. The van der Waals surface area contributed by atoms with Gasteiger partial charge in [-0.15, -0.1) is 0 Å². The van der Waals surface area contributed by atoms with Crippen LogP contribution < -0.4 is 10.1 Å². The second-order valence-corrected chi connectivity index (χ2v) is 6.13. The molecular weight excluding hydrogens is 335 g/mol. The lowest BCUT2D eigenvalue weighted by Gasteiger charge is -2.35. The zero-order valence-electron chi connectivity index (χ0n) is 14.8. The van der Waals surface area contributed by atoms with E-state index in [-0.39, 0.29) is 11.6 Å². The van der Waals surface area contributed by atoms with Crippen molar-refractivity contribution in [2.45, 2.75) is 6.04 Å². The smallest absolute Gasteiger partial charge is 0.254 e. The van der Waals surface area contributed by atoms with Gasteiger partial charge in [-0.25, -0.2) is 4.39 Å². The SMILES string of the molecule is COc1cccc(C(CNC(=O)c2ccccc2F)N2CCOCC2)c1. The van der Waals surface area contributed by atoms with Gasteiger partial charge in [-0.05, 0) is 29.8 Å². The van der Waals surface area contributed by atoms with Crippen molar-refractivity contribution in [3.8, 4) is 5.75 Å². The topological polar surface area (TPSA) is 50.8 Å². The molecule has 6 heteroatoms. The van der Waals surface area contributed by atoms with E-state index in [1.54, 1.807) is 19.2 Å². The number of methoxy groups -OCH3 is 1. The molecule has 1 fully saturated rings. The first-order valence-electron chi connectivity index (χ1n) is 8.67. The number of benzene rings is 2. The molecular formula is C20H23FN2O3. The Hall–Kier alpha value is -2.44. The Labute approximate surface area is 152 Å². The predicted molar refractivity (Wildman–Crippen MR) is 96.9 cm³/mol. The van der Waals surface area contributed by atoms with Crippen LogP contribution in [0, 0.1) is 5.82 Å². The van der Waals surface area contributed by atoms with Crippen LogP contribution in [-0.4, -0.2) is 50.8 Å². The lowest BCUT2D eigenvalue weighted by atomic mass is 10.0. The minimum Gasteiger partial charge on any atom is -0.497 e. The van der Waals surface area contributed by atoms with E-state index in [9.17, 15) is 9.18 Å². The van der Waals surface area contributed by atoms with E-state index < -0.39 is 11.7 Å². The van der Waals surface area contributed by atoms with Crippen molar-refractivity contribution >= 4 is 5.91 Å². The first-order valence-corrected chi connectivity index (χ1v) is 8.67. The molecule has 1 unspecified atom stereocenters. The number of carbonyl (C=O) groups is 1. The highest BCUT2D eigenvalue weighted by Gasteiger charge is 2.24. The second-order valence-electron chi connectivity index (χ2n) is 6.13. The fraction of sp³-hybridized carbons (Fsp3) is 0.350. The molecule has 0 spiro atoms. The molecule has 0 saturated carbocycles. The van der Waals surface area contributed by atoms with E-state index in [0.717, 1.165) is 24.4 Å². The van der Waals surface area contributed by atoms with Gasteiger partial charge in [0.2, 0.25) is 0 Å². The van der Waals surface area contributed by atoms with Gasteiger partial charge in [0.05, 0.1) is 31.9 Å². The summed E-state index contributed by atoms with van der Waals surface area (Å²) >= 11 is 0. The molecule has 0 aliphatic carbocycles. The lowest BCUT2D eigenvalue weighted by molar-refractivity contribution is 0.0162. The third kappa shape index (κ3) is 4.39. The van der Waals surface area contributed by atoms with Gasteiger partial charge in [0.1, 0.15) is 11.6 Å². The molecule has 1 amide bonds. The number of carbonyl (C=O) groups excluding carboxylic acids is 1. The van der Waals surface area contributed by atoms with E-state index in [0.29, 0.717) is 19.8 Å². The fourth-order valence-corrected chi connectivity index (χ4v) is 3.13. The van der Waals surface area contributed by atoms with Gasteiger partial charge in [-0.1, -0.05) is 24.3 Å². The highest BCUT2D eigenvalue weighted by atomic mass is 19.1. The molecule has 0 bridgehead atoms. The summed E-state index contributed by atoms with van der Waals surface area (Å²) in [6, 6.07) is 13.8. The summed E-state index contributed by atoms with van der Waals surface area (Å²) in [4.78, 5) is 14.7. The van der Waals surface area contributed by atoms with E-state index in [1.165, 1.54) is 12.1 Å². The Morgan fingerprint density at radius 1 is 1.23 bits per heavy atom. The summed E-state index contributed by atoms with van der Waals surface area (Å²) in [6.45, 7) is 3.23. The molecule has 5 nitrogen and oxygen atoms in total. The van der Waals surface area contributed by atoms with Crippen molar-refractivity contribution in [3.05, 3.63) is 65.5 Å². The predicted octanol–water partition coefficient (Wildman–Crippen LogP) is 2.64. The third-order valence-electron chi connectivity index (χ3n) is 4.54. The van der Waals surface area contributed by atoms with Gasteiger partial charge in [0.25, 0.3) is 5.91 Å². The number of nitrogens with zero attached hydrogens (tertiary/aromatic N) is 1. The van der Waals surface area contributed by atoms with E-state index in [2.05, 4.69) is 10.2 Å². The Bertz CT molecular complexity index is 747. The molecule has 2 aromatic rings. The van der Waals surface area contributed by atoms with Crippen molar-refractivity contribution < 1.29 is 18.7 Å². The summed E-state index contributed by atoms with van der Waals surface area (Å²) < 4.78 is 24.6. The maximum atomic E-state index is 13.8. The number of nitrogens with one attached hydrogen (secondary N) is 1. The Balaban J connectivity index is 1.77. The van der Waals surface area contributed by atoms with Gasteiger partial charge in [0.15, 0.2) is 0 Å². The van der Waals surface area contributed by atoms with Crippen molar-refractivity contribution in [2.24, 2.45) is 0 Å². The van der Waals surface area contributed by atoms with Crippen molar-refractivity contribution in [2.75, 3.05) is 40.0 Å². The molecule has 1 N–H and O–H groups in total. The van der Waals surface area contributed by atoms with Crippen LogP contribution in [0.15, 0.2) is 48.5 Å². The van der Waals surface area contributed by atoms with Crippen LogP contribution in [0.25, 0.3) is 0 Å². The molecule has 1 aliphatic rings. The summed E-state index contributed by atoms with van der Waals surface area (Å²) in [5, 5.41) is 2.87. The molecule has 3 rings (SSSR count). The van der Waals surface area contributed by atoms with Crippen LogP contribution in [0.4, 0.5) is 4.39 Å². The molecule has 1 heterocycles. The maximum Gasteiger partial charge on any atom is 0.254 e. The van der Waals surface area contributed by atoms with Crippen LogP contribution in [0.2, 0.25) is 0 Å².